The molecular formula is C21H31N3O. The Hall–Kier alpha value is -2.07. The van der Waals surface area contributed by atoms with Crippen molar-refractivity contribution in [3.05, 3.63) is 46.1 Å². The molecule has 0 atom stereocenters. The molecule has 0 aliphatic rings. The number of aromatic nitrogens is 1. The highest BCUT2D eigenvalue weighted by Gasteiger charge is 2.12. The Kier molecular flexibility index (Phi) is 6.43. The minimum Gasteiger partial charge on any atom is -0.340 e. The number of nitrogens with zero attached hydrogens (tertiary/aromatic N) is 1. The normalized spacial score (nSPS) is 11.0. The third-order valence-corrected chi connectivity index (χ3v) is 4.57. The maximum atomic E-state index is 5.83. The van der Waals surface area contributed by atoms with E-state index in [-0.39, 0.29) is 6.10 Å². The van der Waals surface area contributed by atoms with Gasteiger partial charge in [-0.2, -0.15) is 0 Å². The summed E-state index contributed by atoms with van der Waals surface area (Å²) in [5.41, 5.74) is 11.0. The van der Waals surface area contributed by atoms with Gasteiger partial charge in [0.2, 0.25) is 0 Å². The maximum Gasteiger partial charge on any atom is 0.135 e. The van der Waals surface area contributed by atoms with Gasteiger partial charge < -0.3 is 5.32 Å². The van der Waals surface area contributed by atoms with Crippen LogP contribution in [0.2, 0.25) is 0 Å². The number of nitrogens with one attached hydrogen (secondary N) is 2. The van der Waals surface area contributed by atoms with E-state index < -0.39 is 0 Å². The van der Waals surface area contributed by atoms with Crippen LogP contribution in [0.15, 0.2) is 18.2 Å². The highest BCUT2D eigenvalue weighted by molar-refractivity contribution is 5.71. The summed E-state index contributed by atoms with van der Waals surface area (Å²) >= 11 is 0. The smallest absolute Gasteiger partial charge is 0.135 e. The number of rotatable bonds is 7. The zero-order chi connectivity index (χ0) is 18.6. The lowest BCUT2D eigenvalue weighted by Crippen LogP contribution is -2.16. The van der Waals surface area contributed by atoms with Crippen LogP contribution in [0.5, 0.6) is 0 Å². The molecule has 0 amide bonds. The molecule has 0 saturated heterocycles. The fraction of sp³-hybridized carbons (Fsp3) is 0.476. The standard InChI is InChI=1S/C21H31N3O/c1-8-18(9-2)25-24-19-12-16(6)22-21(17(19)7)23-20-14(4)10-13(3)11-15(20)5/h10-12,18H,8-9H2,1-7H3,(H2,22,23,24). The van der Waals surface area contributed by atoms with Crippen LogP contribution in [0.25, 0.3) is 0 Å². The molecule has 2 aromatic rings. The van der Waals surface area contributed by atoms with E-state index in [4.69, 9.17) is 9.82 Å². The minimum atomic E-state index is 0.214. The predicted octanol–water partition coefficient (Wildman–Crippen LogP) is 5.90. The Morgan fingerprint density at radius 1 is 0.960 bits per heavy atom. The molecule has 0 saturated carbocycles. The summed E-state index contributed by atoms with van der Waals surface area (Å²) in [6.07, 6.45) is 2.18. The van der Waals surface area contributed by atoms with Crippen LogP contribution in [0.1, 0.15) is 54.6 Å². The van der Waals surface area contributed by atoms with E-state index in [9.17, 15) is 0 Å². The SMILES string of the molecule is CCC(CC)ONc1cc(C)nc(Nc2c(C)cc(C)cc2C)c1C. The van der Waals surface area contributed by atoms with Gasteiger partial charge in [0.15, 0.2) is 0 Å². The number of hydrogen-bond donors (Lipinski definition) is 2. The van der Waals surface area contributed by atoms with Gasteiger partial charge in [0.05, 0.1) is 11.8 Å². The first kappa shape index (κ1) is 19.3. The number of hydrogen-bond acceptors (Lipinski definition) is 4. The minimum absolute atomic E-state index is 0.214. The summed E-state index contributed by atoms with van der Waals surface area (Å²) in [4.78, 5) is 10.5. The topological polar surface area (TPSA) is 46.2 Å². The second-order valence-electron chi connectivity index (χ2n) is 6.84. The maximum absolute atomic E-state index is 5.83. The van der Waals surface area contributed by atoms with E-state index in [1.54, 1.807) is 0 Å². The zero-order valence-corrected chi connectivity index (χ0v) is 16.6. The zero-order valence-electron chi connectivity index (χ0n) is 16.6. The Morgan fingerprint density at radius 3 is 2.12 bits per heavy atom. The van der Waals surface area contributed by atoms with Gasteiger partial charge in [0.25, 0.3) is 0 Å². The Labute approximate surface area is 152 Å². The van der Waals surface area contributed by atoms with Crippen LogP contribution < -0.4 is 10.8 Å². The van der Waals surface area contributed by atoms with Crippen molar-refractivity contribution in [3.8, 4) is 0 Å². The molecule has 1 aromatic heterocycles. The molecule has 0 aliphatic heterocycles. The van der Waals surface area contributed by atoms with Gasteiger partial charge in [0.1, 0.15) is 5.82 Å². The monoisotopic (exact) mass is 341 g/mol. The van der Waals surface area contributed by atoms with Crippen molar-refractivity contribution in [3.63, 3.8) is 0 Å². The van der Waals surface area contributed by atoms with Crippen molar-refractivity contribution in [2.45, 2.75) is 67.4 Å². The van der Waals surface area contributed by atoms with Crippen molar-refractivity contribution < 1.29 is 4.84 Å². The van der Waals surface area contributed by atoms with Crippen LogP contribution in [0.3, 0.4) is 0 Å². The number of anilines is 3. The number of benzene rings is 1. The molecule has 1 aromatic carbocycles. The second kappa shape index (κ2) is 8.34. The van der Waals surface area contributed by atoms with Crippen LogP contribution in [0.4, 0.5) is 17.2 Å². The third-order valence-electron chi connectivity index (χ3n) is 4.57. The van der Waals surface area contributed by atoms with Gasteiger partial charge in [0, 0.05) is 16.9 Å². The fourth-order valence-electron chi connectivity index (χ4n) is 3.06. The Morgan fingerprint density at radius 2 is 1.56 bits per heavy atom. The molecule has 0 unspecified atom stereocenters. The van der Waals surface area contributed by atoms with Gasteiger partial charge in [-0.1, -0.05) is 31.5 Å². The fourth-order valence-corrected chi connectivity index (χ4v) is 3.06. The molecule has 0 bridgehead atoms. The molecule has 2 rings (SSSR count). The lowest BCUT2D eigenvalue weighted by Gasteiger charge is -2.20. The van der Waals surface area contributed by atoms with Gasteiger partial charge in [-0.25, -0.2) is 4.98 Å². The van der Waals surface area contributed by atoms with Crippen LogP contribution in [-0.2, 0) is 4.84 Å². The van der Waals surface area contributed by atoms with E-state index >= 15 is 0 Å². The van der Waals surface area contributed by atoms with Crippen molar-refractivity contribution in [1.29, 1.82) is 0 Å². The molecule has 0 spiro atoms. The first-order valence-electron chi connectivity index (χ1n) is 9.10. The first-order chi connectivity index (χ1) is 11.8. The highest BCUT2D eigenvalue weighted by Crippen LogP contribution is 2.30. The van der Waals surface area contributed by atoms with Gasteiger partial charge in [-0.3, -0.25) is 10.3 Å². The third kappa shape index (κ3) is 4.73. The average Bonchev–Trinajstić information content (AvgIpc) is 2.55. The van der Waals surface area contributed by atoms with Gasteiger partial charge >= 0.3 is 0 Å². The Bertz CT molecular complexity index is 713. The van der Waals surface area contributed by atoms with E-state index in [2.05, 4.69) is 64.5 Å². The van der Waals surface area contributed by atoms with E-state index in [1.165, 1.54) is 16.7 Å². The largest absolute Gasteiger partial charge is 0.340 e. The van der Waals surface area contributed by atoms with Crippen LogP contribution in [-0.4, -0.2) is 11.1 Å². The van der Waals surface area contributed by atoms with Crippen LogP contribution >= 0.6 is 0 Å². The van der Waals surface area contributed by atoms with Gasteiger partial charge in [-0.05, 0) is 64.7 Å². The van der Waals surface area contributed by atoms with Gasteiger partial charge in [-0.15, -0.1) is 0 Å². The van der Waals surface area contributed by atoms with Crippen LogP contribution in [0, 0.1) is 34.6 Å². The summed E-state index contributed by atoms with van der Waals surface area (Å²) < 4.78 is 0. The van der Waals surface area contributed by atoms with E-state index in [0.717, 1.165) is 41.3 Å². The molecule has 1 heterocycles. The lowest BCUT2D eigenvalue weighted by atomic mass is 10.0. The summed E-state index contributed by atoms with van der Waals surface area (Å²) in [6.45, 7) is 14.7. The molecule has 25 heavy (non-hydrogen) atoms. The number of aryl methyl sites for hydroxylation is 4. The average molecular weight is 341 g/mol. The molecule has 0 radical (unpaired) electrons. The molecule has 4 nitrogen and oxygen atoms in total. The summed E-state index contributed by atoms with van der Waals surface area (Å²) in [6, 6.07) is 6.41. The summed E-state index contributed by atoms with van der Waals surface area (Å²) in [5.74, 6) is 0.866. The second-order valence-corrected chi connectivity index (χ2v) is 6.84. The Balaban J connectivity index is 2.30. The first-order valence-corrected chi connectivity index (χ1v) is 9.10. The highest BCUT2D eigenvalue weighted by atomic mass is 16.7. The lowest BCUT2D eigenvalue weighted by molar-refractivity contribution is 0.0933. The molecule has 4 heteroatoms. The van der Waals surface area contributed by atoms with Crippen molar-refractivity contribution >= 4 is 17.2 Å². The molecule has 0 fully saturated rings. The van der Waals surface area contributed by atoms with E-state index in [0.29, 0.717) is 0 Å². The molecular weight excluding hydrogens is 310 g/mol. The summed E-state index contributed by atoms with van der Waals surface area (Å²) in [7, 11) is 0. The molecule has 0 aliphatic carbocycles. The number of pyridine rings is 1. The predicted molar refractivity (Wildman–Crippen MR) is 107 cm³/mol. The summed E-state index contributed by atoms with van der Waals surface area (Å²) in [5, 5.41) is 3.53. The van der Waals surface area contributed by atoms with Crippen molar-refractivity contribution in [1.82, 2.24) is 4.98 Å². The molecule has 136 valence electrons. The van der Waals surface area contributed by atoms with Crippen molar-refractivity contribution in [2.75, 3.05) is 10.8 Å². The quantitative estimate of drug-likeness (QED) is 0.616. The van der Waals surface area contributed by atoms with Crippen molar-refractivity contribution in [2.24, 2.45) is 0 Å². The van der Waals surface area contributed by atoms with E-state index in [1.807, 2.05) is 13.0 Å². The molecule has 2 N–H and O–H groups in total.